The fraction of sp³-hybridized carbons (Fsp3) is 0.163. The van der Waals surface area contributed by atoms with Crippen LogP contribution in [0.3, 0.4) is 0 Å². The van der Waals surface area contributed by atoms with E-state index in [2.05, 4.69) is 180 Å². The van der Waals surface area contributed by atoms with Gasteiger partial charge in [-0.1, -0.05) is 208 Å². The summed E-state index contributed by atoms with van der Waals surface area (Å²) in [5, 5.41) is 0. The van der Waals surface area contributed by atoms with Crippen molar-refractivity contribution >= 4 is 70.7 Å². The van der Waals surface area contributed by atoms with Gasteiger partial charge in [-0.25, -0.2) is 9.59 Å². The van der Waals surface area contributed by atoms with Crippen molar-refractivity contribution in [2.45, 2.75) is 75.0 Å². The van der Waals surface area contributed by atoms with Gasteiger partial charge in [0.25, 0.3) is 0 Å². The van der Waals surface area contributed by atoms with Crippen LogP contribution in [0.5, 0.6) is 34.5 Å². The molecule has 2 aliphatic rings. The lowest BCUT2D eigenvalue weighted by Gasteiger charge is -2.38. The van der Waals surface area contributed by atoms with Crippen LogP contribution in [0, 0.1) is 0 Å². The van der Waals surface area contributed by atoms with E-state index in [4.69, 9.17) is 28.4 Å². The molecule has 11 aromatic rings. The number of methoxy groups -OCH3 is 2. The molecule has 0 unspecified atom stereocenters. The van der Waals surface area contributed by atoms with Crippen LogP contribution in [0.25, 0.3) is 24.3 Å². The smallest absolute Gasteiger partial charge is 0.497 e. The molecule has 10 nitrogen and oxygen atoms in total. The van der Waals surface area contributed by atoms with Crippen molar-refractivity contribution in [1.29, 1.82) is 0 Å². The minimum Gasteiger partial charge on any atom is -0.497 e. The number of para-hydroxylation sites is 2. The SMILES string of the molecule is COc1ccc(C2(c3ccc(OC(=O)Oc4cccc(N(c5ccccc5)c5ccc(C=Cc6ccccc6C=Cc6ccc(N(c7ccccc7)c7cccc(OC(=O)Oc8ccc(C9(c%10ccc(OC)cc%10)CCCCC9)cc8)c7)cc6)cc5)c4)cc3)CCCCC2)cc1. The quantitative estimate of drug-likeness (QED) is 0.0417. The summed E-state index contributed by atoms with van der Waals surface area (Å²) in [4.78, 5) is 31.1. The first kappa shape index (κ1) is 63.4. The predicted octanol–water partition coefficient (Wildman–Crippen LogP) is 22.6. The number of carbonyl (C=O) groups excluding carboxylic acids is 2. The van der Waals surface area contributed by atoms with Gasteiger partial charge in [0, 0.05) is 57.1 Å². The van der Waals surface area contributed by atoms with Crippen molar-refractivity contribution in [1.82, 2.24) is 0 Å². The van der Waals surface area contributed by atoms with Crippen molar-refractivity contribution < 1.29 is 38.0 Å². The maximum atomic E-state index is 13.4. The zero-order valence-corrected chi connectivity index (χ0v) is 54.1. The Labute approximate surface area is 562 Å². The fourth-order valence-corrected chi connectivity index (χ4v) is 13.8. The number of nitrogens with zero attached hydrogens (tertiary/aromatic N) is 2. The predicted molar refractivity (Wildman–Crippen MR) is 386 cm³/mol. The van der Waals surface area contributed by atoms with Gasteiger partial charge in [-0.2, -0.15) is 0 Å². The van der Waals surface area contributed by atoms with Crippen LogP contribution in [0.2, 0.25) is 0 Å². The van der Waals surface area contributed by atoms with E-state index in [0.29, 0.717) is 23.0 Å². The second-order valence-corrected chi connectivity index (χ2v) is 24.5. The molecule has 0 amide bonds. The van der Waals surface area contributed by atoms with Crippen molar-refractivity contribution in [3.63, 3.8) is 0 Å². The van der Waals surface area contributed by atoms with Gasteiger partial charge in [0.1, 0.15) is 34.5 Å². The Balaban J connectivity index is 0.653. The Hall–Kier alpha value is -11.4. The van der Waals surface area contributed by atoms with Gasteiger partial charge in [0.2, 0.25) is 0 Å². The van der Waals surface area contributed by atoms with E-state index >= 15 is 0 Å². The van der Waals surface area contributed by atoms with Crippen molar-refractivity contribution in [3.8, 4) is 34.5 Å². The number of benzene rings is 11. The fourth-order valence-electron chi connectivity index (χ4n) is 13.8. The molecule has 2 fully saturated rings. The van der Waals surface area contributed by atoms with Crippen LogP contribution in [-0.4, -0.2) is 26.5 Å². The summed E-state index contributed by atoms with van der Waals surface area (Å²) in [7, 11) is 3.38. The molecular formula is C86H76N2O8. The number of carbonyl (C=O) groups is 2. The largest absolute Gasteiger partial charge is 0.519 e. The summed E-state index contributed by atoms with van der Waals surface area (Å²) in [5.74, 6) is 3.22. The standard InChI is InChI=1S/C86H76N2O8/c1-91-77-49-37-67(38-50-77)85(57-13-5-14-58-85)69-41-53-79(54-42-69)93-83(89)95-81-27-17-25-75(61-81)87(71-21-7-3-8-22-71)73-45-31-63(32-46-73)29-35-65-19-11-12-20-66(65)36-30-64-33-47-74(48-34-64)88(72-23-9-4-10-24-72)76-26-18-28-82(62-76)96-84(90)94-80-55-43-70(44-56-80)86(59-15-6-16-60-86)68-39-51-78(92-2)52-40-68/h3-4,7-12,17-56,61-62H,5-6,13-16,57-60H2,1-2H3. The van der Waals surface area contributed by atoms with Crippen LogP contribution < -0.4 is 38.2 Å². The van der Waals surface area contributed by atoms with Gasteiger partial charge < -0.3 is 38.2 Å². The third kappa shape index (κ3) is 14.7. The minimum atomic E-state index is -0.816. The molecule has 0 spiro atoms. The molecule has 0 N–H and O–H groups in total. The maximum absolute atomic E-state index is 13.4. The molecule has 2 saturated carbocycles. The highest BCUT2D eigenvalue weighted by Crippen LogP contribution is 2.48. The van der Waals surface area contributed by atoms with E-state index in [1.807, 2.05) is 121 Å². The third-order valence-electron chi connectivity index (χ3n) is 18.7. The summed E-state index contributed by atoms with van der Waals surface area (Å²) in [6.07, 6.45) is 18.2. The lowest BCUT2D eigenvalue weighted by molar-refractivity contribution is 0.150. The highest BCUT2D eigenvalue weighted by atomic mass is 16.7. The van der Waals surface area contributed by atoms with E-state index in [1.165, 1.54) is 35.1 Å². The second-order valence-electron chi connectivity index (χ2n) is 24.5. The number of hydrogen-bond donors (Lipinski definition) is 0. The highest BCUT2D eigenvalue weighted by molar-refractivity contribution is 5.83. The monoisotopic (exact) mass is 1260 g/mol. The summed E-state index contributed by atoms with van der Waals surface area (Å²) in [6, 6.07) is 92.9. The van der Waals surface area contributed by atoms with Gasteiger partial charge in [-0.15, -0.1) is 0 Å². The van der Waals surface area contributed by atoms with Crippen molar-refractivity contribution in [2.75, 3.05) is 24.0 Å². The molecule has 0 atom stereocenters. The summed E-state index contributed by atoms with van der Waals surface area (Å²) < 4.78 is 34.1. The molecule has 0 radical (unpaired) electrons. The zero-order chi connectivity index (χ0) is 65.5. The van der Waals surface area contributed by atoms with E-state index < -0.39 is 12.3 Å². The molecular weight excluding hydrogens is 1190 g/mol. The molecule has 478 valence electrons. The average Bonchev–Trinajstić information content (AvgIpc) is 0.859. The molecule has 0 bridgehead atoms. The van der Waals surface area contributed by atoms with Gasteiger partial charge >= 0.3 is 12.3 Å². The molecule has 0 aromatic heterocycles. The van der Waals surface area contributed by atoms with Crippen molar-refractivity contribution in [2.24, 2.45) is 0 Å². The summed E-state index contributed by atoms with van der Waals surface area (Å²) in [5.41, 5.74) is 14.3. The normalized spacial score (nSPS) is 14.1. The van der Waals surface area contributed by atoms with Gasteiger partial charge in [0.15, 0.2) is 0 Å². The number of ether oxygens (including phenoxy) is 6. The van der Waals surface area contributed by atoms with Gasteiger partial charge in [-0.05, 0) is 192 Å². The Morgan fingerprint density at radius 1 is 0.292 bits per heavy atom. The topological polar surface area (TPSA) is 96.0 Å². The number of rotatable bonds is 20. The molecule has 11 aromatic carbocycles. The lowest BCUT2D eigenvalue weighted by atomic mass is 9.65. The summed E-state index contributed by atoms with van der Waals surface area (Å²) in [6.45, 7) is 0. The first-order valence-electron chi connectivity index (χ1n) is 33.1. The van der Waals surface area contributed by atoms with Crippen LogP contribution in [0.15, 0.2) is 279 Å². The number of hydrogen-bond acceptors (Lipinski definition) is 10. The molecule has 0 saturated heterocycles. The van der Waals surface area contributed by atoms with Crippen LogP contribution in [-0.2, 0) is 10.8 Å². The second kappa shape index (κ2) is 29.7. The van der Waals surface area contributed by atoms with E-state index in [1.54, 1.807) is 26.4 Å². The molecule has 2 aliphatic carbocycles. The van der Waals surface area contributed by atoms with E-state index in [9.17, 15) is 9.59 Å². The van der Waals surface area contributed by atoms with Gasteiger partial charge in [-0.3, -0.25) is 0 Å². The van der Waals surface area contributed by atoms with Crippen LogP contribution in [0.1, 0.15) is 109 Å². The Bertz CT molecular complexity index is 4160. The highest BCUT2D eigenvalue weighted by Gasteiger charge is 2.37. The molecule has 0 heterocycles. The Morgan fingerprint density at radius 2 is 0.594 bits per heavy atom. The van der Waals surface area contributed by atoms with Crippen LogP contribution >= 0.6 is 0 Å². The first-order chi connectivity index (χ1) is 47.2. The third-order valence-corrected chi connectivity index (χ3v) is 18.7. The van der Waals surface area contributed by atoms with Crippen molar-refractivity contribution in [3.05, 3.63) is 324 Å². The first-order valence-corrected chi connectivity index (χ1v) is 33.1. The molecule has 0 aliphatic heterocycles. The lowest BCUT2D eigenvalue weighted by Crippen LogP contribution is -2.30. The molecule has 96 heavy (non-hydrogen) atoms. The maximum Gasteiger partial charge on any atom is 0.519 e. The van der Waals surface area contributed by atoms with E-state index in [-0.39, 0.29) is 10.8 Å². The summed E-state index contributed by atoms with van der Waals surface area (Å²) >= 11 is 0. The Morgan fingerprint density at radius 3 is 0.938 bits per heavy atom. The van der Waals surface area contributed by atoms with Crippen LogP contribution in [0.4, 0.5) is 43.7 Å². The molecule has 10 heteroatoms. The van der Waals surface area contributed by atoms with Gasteiger partial charge in [0.05, 0.1) is 14.2 Å². The molecule has 13 rings (SSSR count). The van der Waals surface area contributed by atoms with E-state index in [0.717, 1.165) is 119 Å². The Kier molecular flexibility index (Phi) is 19.6. The number of anilines is 6. The zero-order valence-electron chi connectivity index (χ0n) is 54.1. The minimum absolute atomic E-state index is 0.112. The average molecular weight is 1270 g/mol.